The van der Waals surface area contributed by atoms with E-state index in [1.807, 2.05) is 11.4 Å². The number of unbranched alkanes of at least 4 members (excludes halogenated alkanes) is 1. The maximum Gasteiger partial charge on any atom is 0.129 e. The van der Waals surface area contributed by atoms with Crippen LogP contribution in [0.25, 0.3) is 0 Å². The topological polar surface area (TPSA) is 47.3 Å². The molecule has 0 radical (unpaired) electrons. The van der Waals surface area contributed by atoms with Crippen LogP contribution in [0, 0.1) is 0 Å². The van der Waals surface area contributed by atoms with E-state index < -0.39 is 0 Å². The van der Waals surface area contributed by atoms with E-state index in [4.69, 9.17) is 10.6 Å². The van der Waals surface area contributed by atoms with Gasteiger partial charge in [-0.1, -0.05) is 19.8 Å². The molecule has 4 heteroatoms. The van der Waals surface area contributed by atoms with Crippen LogP contribution in [0.3, 0.4) is 0 Å². The lowest BCUT2D eigenvalue weighted by Crippen LogP contribution is -2.27. The third-order valence-electron chi connectivity index (χ3n) is 2.22. The van der Waals surface area contributed by atoms with Gasteiger partial charge < -0.3 is 4.74 Å². The standard InChI is InChI=1S/C10H18N2OS/c1-3-4-5-9(12-11)10-6-8(13-2)7-14-10/h6-7,9,12H,3-5,11H2,1-2H3. The normalized spacial score (nSPS) is 12.8. The highest BCUT2D eigenvalue weighted by Gasteiger charge is 2.11. The first-order chi connectivity index (χ1) is 6.81. The molecule has 1 heterocycles. The predicted molar refractivity (Wildman–Crippen MR) is 60.5 cm³/mol. The van der Waals surface area contributed by atoms with Crippen molar-refractivity contribution in [1.29, 1.82) is 0 Å². The van der Waals surface area contributed by atoms with Gasteiger partial charge in [-0.05, 0) is 12.5 Å². The largest absolute Gasteiger partial charge is 0.496 e. The van der Waals surface area contributed by atoms with Crippen molar-refractivity contribution in [2.24, 2.45) is 5.84 Å². The summed E-state index contributed by atoms with van der Waals surface area (Å²) >= 11 is 1.69. The highest BCUT2D eigenvalue weighted by atomic mass is 32.1. The summed E-state index contributed by atoms with van der Waals surface area (Å²) in [6.45, 7) is 2.18. The maximum absolute atomic E-state index is 5.51. The van der Waals surface area contributed by atoms with Crippen LogP contribution in [0.4, 0.5) is 0 Å². The molecule has 3 nitrogen and oxygen atoms in total. The first-order valence-electron chi connectivity index (χ1n) is 4.90. The van der Waals surface area contributed by atoms with Crippen molar-refractivity contribution in [3.8, 4) is 5.75 Å². The van der Waals surface area contributed by atoms with Crippen LogP contribution in [-0.4, -0.2) is 7.11 Å². The molecular formula is C10H18N2OS. The summed E-state index contributed by atoms with van der Waals surface area (Å²) in [6.07, 6.45) is 3.46. The molecule has 0 aliphatic carbocycles. The summed E-state index contributed by atoms with van der Waals surface area (Å²) in [7, 11) is 1.68. The number of rotatable bonds is 6. The Morgan fingerprint density at radius 3 is 2.93 bits per heavy atom. The van der Waals surface area contributed by atoms with Crippen LogP contribution in [-0.2, 0) is 0 Å². The Balaban J connectivity index is 2.58. The van der Waals surface area contributed by atoms with E-state index in [1.165, 1.54) is 17.7 Å². The van der Waals surface area contributed by atoms with E-state index in [-0.39, 0.29) is 6.04 Å². The molecule has 3 N–H and O–H groups in total. The van der Waals surface area contributed by atoms with Gasteiger partial charge in [0, 0.05) is 10.3 Å². The Bertz CT molecular complexity index is 262. The summed E-state index contributed by atoms with van der Waals surface area (Å²) in [5.74, 6) is 6.43. The lowest BCUT2D eigenvalue weighted by molar-refractivity contribution is 0.415. The molecule has 0 spiro atoms. The Hall–Kier alpha value is -0.580. The summed E-state index contributed by atoms with van der Waals surface area (Å²) in [5.41, 5.74) is 2.85. The highest BCUT2D eigenvalue weighted by Crippen LogP contribution is 2.29. The van der Waals surface area contributed by atoms with Crippen molar-refractivity contribution in [3.05, 3.63) is 16.3 Å². The minimum atomic E-state index is 0.267. The Morgan fingerprint density at radius 1 is 1.64 bits per heavy atom. The summed E-state index contributed by atoms with van der Waals surface area (Å²) in [5, 5.41) is 2.01. The summed E-state index contributed by atoms with van der Waals surface area (Å²) < 4.78 is 5.14. The predicted octanol–water partition coefficient (Wildman–Crippen LogP) is 2.45. The number of methoxy groups -OCH3 is 1. The molecule has 80 valence electrons. The second-order valence-corrected chi connectivity index (χ2v) is 4.19. The van der Waals surface area contributed by atoms with Gasteiger partial charge in [0.1, 0.15) is 5.75 Å². The van der Waals surface area contributed by atoms with Crippen LogP contribution < -0.4 is 16.0 Å². The molecule has 0 saturated carbocycles. The third kappa shape index (κ3) is 2.97. The monoisotopic (exact) mass is 214 g/mol. The van der Waals surface area contributed by atoms with E-state index in [2.05, 4.69) is 12.3 Å². The molecule has 0 aromatic carbocycles. The molecule has 0 aliphatic heterocycles. The lowest BCUT2D eigenvalue weighted by Gasteiger charge is -2.12. The number of nitrogens with two attached hydrogens (primary N) is 1. The second kappa shape index (κ2) is 6.01. The number of thiophene rings is 1. The molecule has 1 atom stereocenters. The minimum absolute atomic E-state index is 0.267. The van der Waals surface area contributed by atoms with Crippen LogP contribution in [0.1, 0.15) is 37.1 Å². The second-order valence-electron chi connectivity index (χ2n) is 3.25. The van der Waals surface area contributed by atoms with Gasteiger partial charge in [-0.3, -0.25) is 11.3 Å². The van der Waals surface area contributed by atoms with Gasteiger partial charge in [0.25, 0.3) is 0 Å². The number of hydrogen-bond donors (Lipinski definition) is 2. The summed E-state index contributed by atoms with van der Waals surface area (Å²) in [6, 6.07) is 2.31. The molecule has 0 saturated heterocycles. The van der Waals surface area contributed by atoms with E-state index in [0.717, 1.165) is 12.2 Å². The SMILES string of the molecule is CCCCC(NN)c1cc(OC)cs1. The lowest BCUT2D eigenvalue weighted by atomic mass is 10.1. The van der Waals surface area contributed by atoms with Gasteiger partial charge in [0.2, 0.25) is 0 Å². The highest BCUT2D eigenvalue weighted by molar-refractivity contribution is 7.10. The molecule has 0 aliphatic rings. The zero-order chi connectivity index (χ0) is 10.4. The van der Waals surface area contributed by atoms with Crippen LogP contribution in [0.15, 0.2) is 11.4 Å². The number of hydrogen-bond acceptors (Lipinski definition) is 4. The Labute approximate surface area is 89.2 Å². The fourth-order valence-corrected chi connectivity index (χ4v) is 2.29. The van der Waals surface area contributed by atoms with Crippen LogP contribution in [0.5, 0.6) is 5.75 Å². The van der Waals surface area contributed by atoms with Crippen molar-refractivity contribution in [3.63, 3.8) is 0 Å². The van der Waals surface area contributed by atoms with Crippen molar-refractivity contribution in [1.82, 2.24) is 5.43 Å². The van der Waals surface area contributed by atoms with E-state index in [1.54, 1.807) is 18.4 Å². The minimum Gasteiger partial charge on any atom is -0.496 e. The van der Waals surface area contributed by atoms with Gasteiger partial charge in [-0.25, -0.2) is 0 Å². The zero-order valence-electron chi connectivity index (χ0n) is 8.75. The van der Waals surface area contributed by atoms with Gasteiger partial charge in [0.15, 0.2) is 0 Å². The molecule has 1 unspecified atom stereocenters. The summed E-state index contributed by atoms with van der Waals surface area (Å²) in [4.78, 5) is 1.25. The number of nitrogens with one attached hydrogen (secondary N) is 1. The number of hydrazine groups is 1. The molecule has 1 rings (SSSR count). The van der Waals surface area contributed by atoms with Crippen molar-refractivity contribution >= 4 is 11.3 Å². The molecular weight excluding hydrogens is 196 g/mol. The Morgan fingerprint density at radius 2 is 2.43 bits per heavy atom. The van der Waals surface area contributed by atoms with Crippen molar-refractivity contribution in [2.45, 2.75) is 32.2 Å². The first-order valence-corrected chi connectivity index (χ1v) is 5.78. The van der Waals surface area contributed by atoms with E-state index in [9.17, 15) is 0 Å². The first kappa shape index (κ1) is 11.5. The molecule has 1 aromatic rings. The van der Waals surface area contributed by atoms with Gasteiger partial charge in [-0.15, -0.1) is 11.3 Å². The average molecular weight is 214 g/mol. The molecule has 0 amide bonds. The molecule has 0 bridgehead atoms. The van der Waals surface area contributed by atoms with Gasteiger partial charge in [-0.2, -0.15) is 0 Å². The average Bonchev–Trinajstić information content (AvgIpc) is 2.68. The number of ether oxygens (including phenoxy) is 1. The maximum atomic E-state index is 5.51. The van der Waals surface area contributed by atoms with E-state index in [0.29, 0.717) is 0 Å². The molecule has 1 aromatic heterocycles. The van der Waals surface area contributed by atoms with Crippen LogP contribution in [0.2, 0.25) is 0 Å². The zero-order valence-corrected chi connectivity index (χ0v) is 9.56. The van der Waals surface area contributed by atoms with Crippen LogP contribution >= 0.6 is 11.3 Å². The van der Waals surface area contributed by atoms with Crippen molar-refractivity contribution in [2.75, 3.05) is 7.11 Å². The quantitative estimate of drug-likeness (QED) is 0.565. The van der Waals surface area contributed by atoms with Gasteiger partial charge in [0.05, 0.1) is 13.2 Å². The van der Waals surface area contributed by atoms with E-state index >= 15 is 0 Å². The fraction of sp³-hybridized carbons (Fsp3) is 0.600. The molecule has 0 fully saturated rings. The smallest absolute Gasteiger partial charge is 0.129 e. The fourth-order valence-electron chi connectivity index (χ4n) is 1.34. The third-order valence-corrected chi connectivity index (χ3v) is 3.25. The molecule has 14 heavy (non-hydrogen) atoms. The van der Waals surface area contributed by atoms with Crippen molar-refractivity contribution < 1.29 is 4.74 Å². The Kier molecular flexibility index (Phi) is 4.93. The van der Waals surface area contributed by atoms with Gasteiger partial charge >= 0.3 is 0 Å².